The van der Waals surface area contributed by atoms with Crippen molar-refractivity contribution in [2.45, 2.75) is 335 Å². The van der Waals surface area contributed by atoms with Crippen molar-refractivity contribution >= 4 is 17.9 Å². The van der Waals surface area contributed by atoms with Gasteiger partial charge >= 0.3 is 17.9 Å². The minimum absolute atomic E-state index is 0.0860. The number of esters is 3. The minimum atomic E-state index is -0.792. The number of carbonyl (C=O) groups is 3. The number of hydrogen-bond acceptors (Lipinski definition) is 6. The Bertz CT molecular complexity index is 1620. The van der Waals surface area contributed by atoms with Crippen LogP contribution in [0.2, 0.25) is 0 Å². The molecular weight excluding hydrogens is 997 g/mol. The molecule has 0 amide bonds. The first-order valence-electron chi connectivity index (χ1n) is 34.4. The van der Waals surface area contributed by atoms with E-state index in [2.05, 4.69) is 130 Å². The van der Waals surface area contributed by atoms with Crippen LogP contribution >= 0.6 is 0 Å². The van der Waals surface area contributed by atoms with Crippen LogP contribution < -0.4 is 0 Å². The maximum Gasteiger partial charge on any atom is 0.306 e. The van der Waals surface area contributed by atoms with E-state index in [9.17, 15) is 14.4 Å². The fraction of sp³-hybridized carbons (Fsp3) is 0.720. The van der Waals surface area contributed by atoms with Gasteiger partial charge in [-0.1, -0.05) is 297 Å². The molecule has 6 heteroatoms. The van der Waals surface area contributed by atoms with E-state index < -0.39 is 6.10 Å². The summed E-state index contributed by atoms with van der Waals surface area (Å²) in [7, 11) is 0. The van der Waals surface area contributed by atoms with Gasteiger partial charge in [0.2, 0.25) is 0 Å². The SMILES string of the molecule is CC/C=C\C/C=C\C/C=C\C/C=C\CCCCCCCCCCCCCCCCC(=O)OCC(COC(=O)CCCCCC/C=C\C/C=C\C/C=C\C/C=C\CC)OC(=O)CCCCCCCCCCC/C=C\CCCCCCCC. The average molecular weight is 1130 g/mol. The van der Waals surface area contributed by atoms with Gasteiger partial charge in [-0.25, -0.2) is 0 Å². The molecule has 0 bridgehead atoms. The molecule has 6 nitrogen and oxygen atoms in total. The van der Waals surface area contributed by atoms with Crippen LogP contribution in [-0.2, 0) is 28.6 Å². The summed E-state index contributed by atoms with van der Waals surface area (Å²) in [6, 6.07) is 0. The number of unbranched alkanes of at least 4 members (excludes halogenated alkanes) is 33. The number of allylic oxidation sites excluding steroid dienone is 18. The minimum Gasteiger partial charge on any atom is -0.462 e. The first-order chi connectivity index (χ1) is 40.0. The highest BCUT2D eigenvalue weighted by atomic mass is 16.6. The largest absolute Gasteiger partial charge is 0.462 e. The van der Waals surface area contributed by atoms with E-state index in [4.69, 9.17) is 14.2 Å². The van der Waals surface area contributed by atoms with Crippen LogP contribution in [0.1, 0.15) is 329 Å². The second-order valence-electron chi connectivity index (χ2n) is 22.7. The quantitative estimate of drug-likeness (QED) is 0.0261. The molecule has 0 rings (SSSR count). The van der Waals surface area contributed by atoms with Gasteiger partial charge in [-0.2, -0.15) is 0 Å². The van der Waals surface area contributed by atoms with E-state index in [1.165, 1.54) is 167 Å². The lowest BCUT2D eigenvalue weighted by Crippen LogP contribution is -2.30. The van der Waals surface area contributed by atoms with Crippen molar-refractivity contribution in [1.82, 2.24) is 0 Å². The summed E-state index contributed by atoms with van der Waals surface area (Å²) in [6.07, 6.45) is 93.9. The number of carbonyl (C=O) groups excluding carboxylic acids is 3. The number of rotatable bonds is 62. The maximum absolute atomic E-state index is 12.9. The monoisotopic (exact) mass is 1120 g/mol. The van der Waals surface area contributed by atoms with Crippen molar-refractivity contribution in [3.05, 3.63) is 109 Å². The predicted octanol–water partition coefficient (Wildman–Crippen LogP) is 23.8. The van der Waals surface area contributed by atoms with Gasteiger partial charge in [-0.15, -0.1) is 0 Å². The van der Waals surface area contributed by atoms with E-state index in [-0.39, 0.29) is 31.1 Å². The Hall–Kier alpha value is -3.93. The molecule has 1 atom stereocenters. The predicted molar refractivity (Wildman–Crippen MR) is 353 cm³/mol. The molecule has 0 N–H and O–H groups in total. The fourth-order valence-electron chi connectivity index (χ4n) is 9.66. The van der Waals surface area contributed by atoms with E-state index in [0.717, 1.165) is 122 Å². The molecule has 0 radical (unpaired) electrons. The molecule has 0 aliphatic heterocycles. The fourth-order valence-corrected chi connectivity index (χ4v) is 9.66. The molecule has 0 aliphatic rings. The first kappa shape index (κ1) is 77.1. The van der Waals surface area contributed by atoms with Crippen molar-refractivity contribution in [3.63, 3.8) is 0 Å². The molecule has 0 saturated heterocycles. The molecule has 0 fully saturated rings. The van der Waals surface area contributed by atoms with Crippen LogP contribution in [0, 0.1) is 0 Å². The zero-order valence-electron chi connectivity index (χ0n) is 53.3. The third kappa shape index (κ3) is 66.8. The van der Waals surface area contributed by atoms with Gasteiger partial charge in [0, 0.05) is 19.3 Å². The Morgan fingerprint density at radius 2 is 0.481 bits per heavy atom. The van der Waals surface area contributed by atoms with Crippen LogP contribution in [0.25, 0.3) is 0 Å². The number of ether oxygens (including phenoxy) is 3. The molecule has 0 aliphatic carbocycles. The topological polar surface area (TPSA) is 78.9 Å². The Balaban J connectivity index is 4.35. The smallest absolute Gasteiger partial charge is 0.306 e. The molecule has 0 spiro atoms. The summed E-state index contributed by atoms with van der Waals surface area (Å²) in [5, 5.41) is 0. The van der Waals surface area contributed by atoms with Crippen molar-refractivity contribution < 1.29 is 28.6 Å². The molecule has 0 saturated carbocycles. The van der Waals surface area contributed by atoms with Gasteiger partial charge < -0.3 is 14.2 Å². The van der Waals surface area contributed by atoms with Gasteiger partial charge in [0.25, 0.3) is 0 Å². The molecule has 464 valence electrons. The normalized spacial score (nSPS) is 12.8. The molecular formula is C75H128O6. The van der Waals surface area contributed by atoms with Crippen LogP contribution in [-0.4, -0.2) is 37.2 Å². The van der Waals surface area contributed by atoms with Crippen LogP contribution in [0.5, 0.6) is 0 Å². The lowest BCUT2D eigenvalue weighted by molar-refractivity contribution is -0.167. The van der Waals surface area contributed by atoms with Gasteiger partial charge in [-0.3, -0.25) is 14.4 Å². The summed E-state index contributed by atoms with van der Waals surface area (Å²) < 4.78 is 17.0. The summed E-state index contributed by atoms with van der Waals surface area (Å²) in [4.78, 5) is 38.4. The standard InChI is InChI=1S/C75H128O6/c1-4-7-10-13-16-19-22-25-28-31-33-34-35-36-37-38-39-40-42-44-47-50-53-56-59-62-65-68-74(77)80-71-72(70-79-73(76)67-64-61-58-55-52-49-46-43-30-27-24-21-18-15-12-9-6-3)81-75(78)69-66-63-60-57-54-51-48-45-41-32-29-26-23-20-17-14-11-8-5-2/h7,9-10,12,16,18-19,21,25-30,33-34,46,49,72H,4-6,8,11,13-15,17,20,22-24,31-32,35-45,47-48,50-71H2,1-3H3/b10-7-,12-9-,19-16-,21-18-,28-25-,29-26-,30-27-,34-33-,49-46-. The highest BCUT2D eigenvalue weighted by Gasteiger charge is 2.19. The third-order valence-corrected chi connectivity index (χ3v) is 14.7. The summed E-state index contributed by atoms with van der Waals surface area (Å²) in [5.41, 5.74) is 0. The van der Waals surface area contributed by atoms with Crippen LogP contribution in [0.4, 0.5) is 0 Å². The first-order valence-corrected chi connectivity index (χ1v) is 34.4. The molecule has 0 aromatic rings. The molecule has 0 aromatic heterocycles. The maximum atomic E-state index is 12.9. The Kier molecular flexibility index (Phi) is 65.2. The van der Waals surface area contributed by atoms with Gasteiger partial charge in [-0.05, 0) is 122 Å². The van der Waals surface area contributed by atoms with E-state index in [0.29, 0.717) is 19.3 Å². The van der Waals surface area contributed by atoms with Gasteiger partial charge in [0.05, 0.1) is 0 Å². The molecule has 0 heterocycles. The van der Waals surface area contributed by atoms with Gasteiger partial charge in [0.1, 0.15) is 13.2 Å². The Morgan fingerprint density at radius 1 is 0.259 bits per heavy atom. The average Bonchev–Trinajstić information content (AvgIpc) is 3.47. The second-order valence-corrected chi connectivity index (χ2v) is 22.7. The molecule has 81 heavy (non-hydrogen) atoms. The third-order valence-electron chi connectivity index (χ3n) is 14.7. The van der Waals surface area contributed by atoms with E-state index in [1.54, 1.807) is 0 Å². The molecule has 0 aromatic carbocycles. The number of hydrogen-bond donors (Lipinski definition) is 0. The molecule has 1 unspecified atom stereocenters. The van der Waals surface area contributed by atoms with Crippen LogP contribution in [0.3, 0.4) is 0 Å². The van der Waals surface area contributed by atoms with Crippen molar-refractivity contribution in [2.24, 2.45) is 0 Å². The van der Waals surface area contributed by atoms with Crippen LogP contribution in [0.15, 0.2) is 109 Å². The van der Waals surface area contributed by atoms with Crippen molar-refractivity contribution in [2.75, 3.05) is 13.2 Å². The van der Waals surface area contributed by atoms with Gasteiger partial charge in [0.15, 0.2) is 6.10 Å². The Labute approximate surface area is 501 Å². The second kappa shape index (κ2) is 68.6. The van der Waals surface area contributed by atoms with E-state index >= 15 is 0 Å². The summed E-state index contributed by atoms with van der Waals surface area (Å²) in [6.45, 7) is 6.42. The highest BCUT2D eigenvalue weighted by molar-refractivity contribution is 5.71. The summed E-state index contributed by atoms with van der Waals surface area (Å²) in [5.74, 6) is -0.900. The zero-order valence-corrected chi connectivity index (χ0v) is 53.3. The van der Waals surface area contributed by atoms with Crippen molar-refractivity contribution in [3.8, 4) is 0 Å². The highest BCUT2D eigenvalue weighted by Crippen LogP contribution is 2.17. The van der Waals surface area contributed by atoms with Crippen molar-refractivity contribution in [1.29, 1.82) is 0 Å². The van der Waals surface area contributed by atoms with E-state index in [1.807, 2.05) is 0 Å². The summed E-state index contributed by atoms with van der Waals surface area (Å²) >= 11 is 0. The lowest BCUT2D eigenvalue weighted by Gasteiger charge is -2.18. The lowest BCUT2D eigenvalue weighted by atomic mass is 10.0. The zero-order chi connectivity index (χ0) is 58.5. The Morgan fingerprint density at radius 3 is 0.765 bits per heavy atom.